The van der Waals surface area contributed by atoms with E-state index in [2.05, 4.69) is 10.6 Å². The van der Waals surface area contributed by atoms with E-state index in [-0.39, 0.29) is 11.0 Å². The van der Waals surface area contributed by atoms with Gasteiger partial charge < -0.3 is 5.32 Å². The topological polar surface area (TPSA) is 41.1 Å². The van der Waals surface area contributed by atoms with Crippen molar-refractivity contribution in [2.24, 2.45) is 0 Å². The summed E-state index contributed by atoms with van der Waals surface area (Å²) in [6.45, 7) is 0. The van der Waals surface area contributed by atoms with Crippen LogP contribution in [0.4, 0.5) is 5.69 Å². The maximum atomic E-state index is 12.0. The number of nitrogens with one attached hydrogen (secondary N) is 2. The first-order valence-electron chi connectivity index (χ1n) is 5.78. The van der Waals surface area contributed by atoms with Gasteiger partial charge in [0, 0.05) is 15.6 Å². The maximum absolute atomic E-state index is 12.0. The molecule has 0 aliphatic carbocycles. The van der Waals surface area contributed by atoms with Gasteiger partial charge in [-0.1, -0.05) is 34.8 Å². The number of hydrogen-bond acceptors (Lipinski definition) is 2. The molecule has 21 heavy (non-hydrogen) atoms. The summed E-state index contributed by atoms with van der Waals surface area (Å²) >= 11 is 22.6. The average molecular weight is 360 g/mol. The zero-order chi connectivity index (χ0) is 15.4. The highest BCUT2D eigenvalue weighted by molar-refractivity contribution is 7.80. The van der Waals surface area contributed by atoms with Crippen molar-refractivity contribution in [3.05, 3.63) is 63.1 Å². The smallest absolute Gasteiger partial charge is 0.257 e. The van der Waals surface area contributed by atoms with Crippen molar-refractivity contribution in [2.75, 3.05) is 5.32 Å². The molecular formula is C14H9Cl3N2OS. The van der Waals surface area contributed by atoms with Crippen LogP contribution in [0.5, 0.6) is 0 Å². The largest absolute Gasteiger partial charge is 0.331 e. The minimum absolute atomic E-state index is 0.138. The maximum Gasteiger partial charge on any atom is 0.257 e. The van der Waals surface area contributed by atoms with Gasteiger partial charge in [-0.05, 0) is 54.7 Å². The Morgan fingerprint density at radius 2 is 1.57 bits per heavy atom. The van der Waals surface area contributed by atoms with Gasteiger partial charge in [-0.3, -0.25) is 10.1 Å². The van der Waals surface area contributed by atoms with E-state index in [1.165, 1.54) is 0 Å². The SMILES string of the molecule is O=C(NC(=S)Nc1ccc(Cl)cc1Cl)c1ccc(Cl)cc1. The first-order valence-corrected chi connectivity index (χ1v) is 7.33. The zero-order valence-corrected chi connectivity index (χ0v) is 13.6. The van der Waals surface area contributed by atoms with Crippen molar-refractivity contribution in [3.8, 4) is 0 Å². The highest BCUT2D eigenvalue weighted by atomic mass is 35.5. The first kappa shape index (κ1) is 16.0. The number of halogens is 3. The normalized spacial score (nSPS) is 10.0. The summed E-state index contributed by atoms with van der Waals surface area (Å²) in [5, 5.41) is 7.00. The summed E-state index contributed by atoms with van der Waals surface area (Å²) < 4.78 is 0. The van der Waals surface area contributed by atoms with Gasteiger partial charge in [0.1, 0.15) is 0 Å². The minimum Gasteiger partial charge on any atom is -0.331 e. The third-order valence-electron chi connectivity index (χ3n) is 2.51. The van der Waals surface area contributed by atoms with Crippen molar-refractivity contribution in [1.82, 2.24) is 5.32 Å². The van der Waals surface area contributed by atoms with Crippen LogP contribution >= 0.6 is 47.0 Å². The fraction of sp³-hybridized carbons (Fsp3) is 0. The van der Waals surface area contributed by atoms with Gasteiger partial charge >= 0.3 is 0 Å². The Balaban J connectivity index is 2.01. The van der Waals surface area contributed by atoms with Crippen LogP contribution in [0.1, 0.15) is 10.4 Å². The third kappa shape index (κ3) is 4.58. The molecule has 0 aliphatic heterocycles. The summed E-state index contributed by atoms with van der Waals surface area (Å²) in [4.78, 5) is 12.0. The Morgan fingerprint density at radius 3 is 2.19 bits per heavy atom. The summed E-state index contributed by atoms with van der Waals surface area (Å²) in [5.41, 5.74) is 1.01. The number of benzene rings is 2. The second-order valence-electron chi connectivity index (χ2n) is 4.04. The van der Waals surface area contributed by atoms with E-state index in [0.29, 0.717) is 26.3 Å². The van der Waals surface area contributed by atoms with Crippen molar-refractivity contribution >= 4 is 63.7 Å². The van der Waals surface area contributed by atoms with E-state index in [0.717, 1.165) is 0 Å². The monoisotopic (exact) mass is 358 g/mol. The van der Waals surface area contributed by atoms with Crippen molar-refractivity contribution < 1.29 is 4.79 Å². The van der Waals surface area contributed by atoms with E-state index in [1.54, 1.807) is 42.5 Å². The van der Waals surface area contributed by atoms with E-state index in [9.17, 15) is 4.79 Å². The number of carbonyl (C=O) groups is 1. The third-order valence-corrected chi connectivity index (χ3v) is 3.52. The van der Waals surface area contributed by atoms with Crippen LogP contribution in [0, 0.1) is 0 Å². The number of hydrogen-bond donors (Lipinski definition) is 2. The van der Waals surface area contributed by atoms with Crippen molar-refractivity contribution in [2.45, 2.75) is 0 Å². The predicted molar refractivity (Wildman–Crippen MR) is 91.6 cm³/mol. The van der Waals surface area contributed by atoms with Crippen LogP contribution < -0.4 is 10.6 Å². The van der Waals surface area contributed by atoms with Gasteiger partial charge in [0.05, 0.1) is 10.7 Å². The van der Waals surface area contributed by atoms with Crippen molar-refractivity contribution in [3.63, 3.8) is 0 Å². The summed E-state index contributed by atoms with van der Waals surface area (Å²) in [6, 6.07) is 11.4. The summed E-state index contributed by atoms with van der Waals surface area (Å²) in [6.07, 6.45) is 0. The molecular weight excluding hydrogens is 351 g/mol. The molecule has 0 aromatic heterocycles. The number of amides is 1. The molecule has 0 radical (unpaired) electrons. The van der Waals surface area contributed by atoms with Crippen LogP contribution in [0.15, 0.2) is 42.5 Å². The molecule has 2 rings (SSSR count). The van der Waals surface area contributed by atoms with E-state index in [4.69, 9.17) is 47.0 Å². The van der Waals surface area contributed by atoms with E-state index < -0.39 is 0 Å². The zero-order valence-electron chi connectivity index (χ0n) is 10.5. The molecule has 0 saturated carbocycles. The second kappa shape index (κ2) is 7.09. The molecule has 0 aliphatic rings. The van der Waals surface area contributed by atoms with Crippen LogP contribution in [0.2, 0.25) is 15.1 Å². The number of thiocarbonyl (C=S) groups is 1. The molecule has 3 nitrogen and oxygen atoms in total. The molecule has 108 valence electrons. The molecule has 1 amide bonds. The molecule has 0 unspecified atom stereocenters. The van der Waals surface area contributed by atoms with Gasteiger partial charge in [-0.15, -0.1) is 0 Å². The molecule has 0 spiro atoms. The lowest BCUT2D eigenvalue weighted by Gasteiger charge is -2.11. The highest BCUT2D eigenvalue weighted by Gasteiger charge is 2.09. The molecule has 0 fully saturated rings. The lowest BCUT2D eigenvalue weighted by molar-refractivity contribution is 0.0978. The van der Waals surface area contributed by atoms with Gasteiger partial charge in [-0.2, -0.15) is 0 Å². The van der Waals surface area contributed by atoms with Crippen LogP contribution in [0.3, 0.4) is 0 Å². The molecule has 0 saturated heterocycles. The summed E-state index contributed by atoms with van der Waals surface area (Å²) in [5.74, 6) is -0.339. The average Bonchev–Trinajstić information content (AvgIpc) is 2.42. The fourth-order valence-electron chi connectivity index (χ4n) is 1.52. The molecule has 0 bridgehead atoms. The Hall–Kier alpha value is -1.33. The molecule has 2 aromatic carbocycles. The molecule has 2 aromatic rings. The second-order valence-corrected chi connectivity index (χ2v) is 5.73. The quantitative estimate of drug-likeness (QED) is 0.759. The minimum atomic E-state index is -0.339. The molecule has 0 heterocycles. The van der Waals surface area contributed by atoms with Gasteiger partial charge in [-0.25, -0.2) is 0 Å². The van der Waals surface area contributed by atoms with Gasteiger partial charge in [0.15, 0.2) is 5.11 Å². The van der Waals surface area contributed by atoms with E-state index in [1.807, 2.05) is 0 Å². The molecule has 0 atom stereocenters. The van der Waals surface area contributed by atoms with Crippen LogP contribution in [0.25, 0.3) is 0 Å². The Bertz CT molecular complexity index is 689. The molecule has 7 heteroatoms. The van der Waals surface area contributed by atoms with Crippen LogP contribution in [-0.4, -0.2) is 11.0 Å². The highest BCUT2D eigenvalue weighted by Crippen LogP contribution is 2.25. The van der Waals surface area contributed by atoms with Gasteiger partial charge in [0.2, 0.25) is 0 Å². The Labute approximate surface area is 142 Å². The van der Waals surface area contributed by atoms with Gasteiger partial charge in [0.25, 0.3) is 5.91 Å². The number of carbonyl (C=O) groups excluding carboxylic acids is 1. The number of anilines is 1. The molecule has 2 N–H and O–H groups in total. The lowest BCUT2D eigenvalue weighted by Crippen LogP contribution is -2.34. The van der Waals surface area contributed by atoms with Crippen molar-refractivity contribution in [1.29, 1.82) is 0 Å². The fourth-order valence-corrected chi connectivity index (χ4v) is 2.31. The standard InChI is InChI=1S/C14H9Cl3N2OS/c15-9-3-1-8(2-4-9)13(20)19-14(21)18-12-6-5-10(16)7-11(12)17/h1-7H,(H2,18,19,20,21). The lowest BCUT2D eigenvalue weighted by atomic mass is 10.2. The van der Waals surface area contributed by atoms with E-state index >= 15 is 0 Å². The first-order chi connectivity index (χ1) is 9.95. The summed E-state index contributed by atoms with van der Waals surface area (Å²) in [7, 11) is 0. The number of rotatable bonds is 2. The Kier molecular flexibility index (Phi) is 5.42. The van der Waals surface area contributed by atoms with Crippen LogP contribution in [-0.2, 0) is 0 Å². The predicted octanol–water partition coefficient (Wildman–Crippen LogP) is 4.77. The Morgan fingerprint density at radius 1 is 0.952 bits per heavy atom.